The fourth-order valence-corrected chi connectivity index (χ4v) is 2.22. The number of anilines is 1. The van der Waals surface area contributed by atoms with Crippen molar-refractivity contribution in [3.63, 3.8) is 0 Å². The van der Waals surface area contributed by atoms with Crippen LogP contribution in [0.1, 0.15) is 15.9 Å². The van der Waals surface area contributed by atoms with E-state index in [-0.39, 0.29) is 5.91 Å². The first-order chi connectivity index (χ1) is 10.1. The van der Waals surface area contributed by atoms with E-state index >= 15 is 0 Å². The summed E-state index contributed by atoms with van der Waals surface area (Å²) in [7, 11) is 0. The van der Waals surface area contributed by atoms with Crippen molar-refractivity contribution in [2.45, 2.75) is 6.92 Å². The molecular weight excluding hydrogens is 267 g/mol. The van der Waals surface area contributed by atoms with Crippen LogP contribution in [0.2, 0.25) is 0 Å². The molecule has 0 saturated carbocycles. The zero-order valence-electron chi connectivity index (χ0n) is 11.4. The maximum atomic E-state index is 13.3. The summed E-state index contributed by atoms with van der Waals surface area (Å²) in [5.74, 6) is -0.715. The summed E-state index contributed by atoms with van der Waals surface area (Å²) in [6, 6.07) is 15.6. The van der Waals surface area contributed by atoms with E-state index in [1.165, 1.54) is 6.07 Å². The molecule has 0 bridgehead atoms. The van der Waals surface area contributed by atoms with Crippen molar-refractivity contribution >= 4 is 22.5 Å². The Morgan fingerprint density at radius 3 is 2.62 bits per heavy atom. The molecule has 104 valence electrons. The third-order valence-corrected chi connectivity index (χ3v) is 3.28. The monoisotopic (exact) mass is 280 g/mol. The minimum Gasteiger partial charge on any atom is -0.322 e. The van der Waals surface area contributed by atoms with Gasteiger partial charge in [0.15, 0.2) is 0 Å². The van der Waals surface area contributed by atoms with Crippen LogP contribution in [0.25, 0.3) is 10.9 Å². The molecule has 0 radical (unpaired) electrons. The van der Waals surface area contributed by atoms with Gasteiger partial charge in [-0.05, 0) is 48.9 Å². The predicted octanol–water partition coefficient (Wildman–Crippen LogP) is 3.93. The summed E-state index contributed by atoms with van der Waals surface area (Å²) in [5.41, 5.74) is 2.55. The molecule has 4 heteroatoms. The smallest absolute Gasteiger partial charge is 0.255 e. The van der Waals surface area contributed by atoms with Gasteiger partial charge < -0.3 is 5.32 Å². The summed E-state index contributed by atoms with van der Waals surface area (Å²) in [4.78, 5) is 16.1. The van der Waals surface area contributed by atoms with Crippen molar-refractivity contribution in [1.82, 2.24) is 4.98 Å². The highest BCUT2D eigenvalue weighted by Gasteiger charge is 2.09. The molecule has 0 fully saturated rings. The number of nitrogens with zero attached hydrogens (tertiary/aromatic N) is 1. The lowest BCUT2D eigenvalue weighted by Gasteiger charge is -2.07. The molecule has 0 spiro atoms. The number of halogens is 1. The molecule has 0 unspecified atom stereocenters. The molecule has 1 amide bonds. The maximum Gasteiger partial charge on any atom is 0.255 e. The highest BCUT2D eigenvalue weighted by molar-refractivity contribution is 6.06. The summed E-state index contributed by atoms with van der Waals surface area (Å²) >= 11 is 0. The van der Waals surface area contributed by atoms with Crippen molar-refractivity contribution < 1.29 is 9.18 Å². The van der Waals surface area contributed by atoms with Crippen LogP contribution >= 0.6 is 0 Å². The standard InChI is InChI=1S/C17H13FN2O/c1-11-9-16(18)20-15-8-7-12(10-14(11)15)17(21)19-13-5-3-2-4-6-13/h2-10H,1H3,(H,19,21). The van der Waals surface area contributed by atoms with Crippen molar-refractivity contribution in [1.29, 1.82) is 0 Å². The number of rotatable bonds is 2. The SMILES string of the molecule is Cc1cc(F)nc2ccc(C(=O)Nc3ccccc3)cc12. The van der Waals surface area contributed by atoms with Gasteiger partial charge >= 0.3 is 0 Å². The first-order valence-electron chi connectivity index (χ1n) is 6.57. The van der Waals surface area contributed by atoms with Gasteiger partial charge in [-0.2, -0.15) is 4.39 Å². The molecule has 0 aliphatic heterocycles. The number of aromatic nitrogens is 1. The minimum atomic E-state index is -0.513. The quantitative estimate of drug-likeness (QED) is 0.722. The van der Waals surface area contributed by atoms with E-state index in [0.29, 0.717) is 11.1 Å². The summed E-state index contributed by atoms with van der Waals surface area (Å²) in [6.45, 7) is 1.80. The normalized spacial score (nSPS) is 10.6. The number of nitrogens with one attached hydrogen (secondary N) is 1. The predicted molar refractivity (Wildman–Crippen MR) is 80.8 cm³/mol. The van der Waals surface area contributed by atoms with Crippen molar-refractivity contribution in [3.8, 4) is 0 Å². The third kappa shape index (κ3) is 2.74. The zero-order valence-corrected chi connectivity index (χ0v) is 11.4. The number of carbonyl (C=O) groups is 1. The number of fused-ring (bicyclic) bond motifs is 1. The zero-order chi connectivity index (χ0) is 14.8. The summed E-state index contributed by atoms with van der Waals surface area (Å²) in [6.07, 6.45) is 0. The van der Waals surface area contributed by atoms with Gasteiger partial charge in [-0.3, -0.25) is 4.79 Å². The van der Waals surface area contributed by atoms with Crippen molar-refractivity contribution in [3.05, 3.63) is 71.7 Å². The number of carbonyl (C=O) groups excluding carboxylic acids is 1. The maximum absolute atomic E-state index is 13.3. The highest BCUT2D eigenvalue weighted by atomic mass is 19.1. The Labute approximate surface area is 121 Å². The van der Waals surface area contributed by atoms with Crippen LogP contribution in [-0.4, -0.2) is 10.9 Å². The first kappa shape index (κ1) is 13.2. The fraction of sp³-hybridized carbons (Fsp3) is 0.0588. The van der Waals surface area contributed by atoms with Gasteiger partial charge in [-0.1, -0.05) is 18.2 Å². The average Bonchev–Trinajstić information content (AvgIpc) is 2.47. The lowest BCUT2D eigenvalue weighted by atomic mass is 10.1. The number of pyridine rings is 1. The molecular formula is C17H13FN2O. The van der Waals surface area contributed by atoms with E-state index in [2.05, 4.69) is 10.3 Å². The molecule has 1 N–H and O–H groups in total. The molecule has 1 heterocycles. The Morgan fingerprint density at radius 2 is 1.86 bits per heavy atom. The molecule has 0 aliphatic rings. The van der Waals surface area contributed by atoms with Gasteiger partial charge in [0.1, 0.15) is 0 Å². The lowest BCUT2D eigenvalue weighted by molar-refractivity contribution is 0.102. The van der Waals surface area contributed by atoms with E-state index in [9.17, 15) is 9.18 Å². The Hall–Kier alpha value is -2.75. The van der Waals surface area contributed by atoms with E-state index in [0.717, 1.165) is 16.6 Å². The Bertz CT molecular complexity index is 816. The van der Waals surface area contributed by atoms with E-state index in [1.54, 1.807) is 25.1 Å². The van der Waals surface area contributed by atoms with Crippen LogP contribution in [0.4, 0.5) is 10.1 Å². The van der Waals surface area contributed by atoms with Gasteiger partial charge in [0, 0.05) is 16.6 Å². The number of hydrogen-bond donors (Lipinski definition) is 1. The van der Waals surface area contributed by atoms with Gasteiger partial charge in [0.2, 0.25) is 5.95 Å². The van der Waals surface area contributed by atoms with Gasteiger partial charge in [0.05, 0.1) is 5.52 Å². The minimum absolute atomic E-state index is 0.202. The number of para-hydroxylation sites is 1. The Kier molecular flexibility index (Phi) is 3.36. The van der Waals surface area contributed by atoms with Crippen LogP contribution in [0.15, 0.2) is 54.6 Å². The highest BCUT2D eigenvalue weighted by Crippen LogP contribution is 2.20. The van der Waals surface area contributed by atoms with E-state index in [1.807, 2.05) is 30.3 Å². The van der Waals surface area contributed by atoms with Crippen molar-refractivity contribution in [2.24, 2.45) is 0 Å². The van der Waals surface area contributed by atoms with Crippen LogP contribution in [0.3, 0.4) is 0 Å². The van der Waals surface area contributed by atoms with Crippen LogP contribution in [0, 0.1) is 12.9 Å². The number of aryl methyl sites for hydroxylation is 1. The molecule has 0 saturated heterocycles. The number of amides is 1. The van der Waals surface area contributed by atoms with Crippen LogP contribution < -0.4 is 5.32 Å². The molecule has 3 rings (SSSR count). The number of benzene rings is 2. The molecule has 1 aromatic heterocycles. The largest absolute Gasteiger partial charge is 0.322 e. The van der Waals surface area contributed by atoms with Crippen LogP contribution in [-0.2, 0) is 0 Å². The second kappa shape index (κ2) is 5.32. The first-order valence-corrected chi connectivity index (χ1v) is 6.57. The average molecular weight is 280 g/mol. The van der Waals surface area contributed by atoms with Gasteiger partial charge in [0.25, 0.3) is 5.91 Å². The Morgan fingerprint density at radius 1 is 1.10 bits per heavy atom. The molecule has 2 aromatic carbocycles. The number of hydrogen-bond acceptors (Lipinski definition) is 2. The third-order valence-electron chi connectivity index (χ3n) is 3.28. The van der Waals surface area contributed by atoms with E-state index in [4.69, 9.17) is 0 Å². The van der Waals surface area contributed by atoms with Crippen molar-refractivity contribution in [2.75, 3.05) is 5.32 Å². The molecule has 0 atom stereocenters. The lowest BCUT2D eigenvalue weighted by Crippen LogP contribution is -2.11. The molecule has 3 nitrogen and oxygen atoms in total. The summed E-state index contributed by atoms with van der Waals surface area (Å²) in [5, 5.41) is 3.60. The Balaban J connectivity index is 1.96. The molecule has 3 aromatic rings. The van der Waals surface area contributed by atoms with Gasteiger partial charge in [-0.25, -0.2) is 4.98 Å². The fourth-order valence-electron chi connectivity index (χ4n) is 2.22. The summed E-state index contributed by atoms with van der Waals surface area (Å²) < 4.78 is 13.3. The molecule has 21 heavy (non-hydrogen) atoms. The van der Waals surface area contributed by atoms with E-state index < -0.39 is 5.95 Å². The molecule has 0 aliphatic carbocycles. The second-order valence-electron chi connectivity index (χ2n) is 4.81. The van der Waals surface area contributed by atoms with Gasteiger partial charge in [-0.15, -0.1) is 0 Å². The second-order valence-corrected chi connectivity index (χ2v) is 4.81. The van der Waals surface area contributed by atoms with Crippen LogP contribution in [0.5, 0.6) is 0 Å². The topological polar surface area (TPSA) is 42.0 Å².